The first-order valence-corrected chi connectivity index (χ1v) is 3.71. The lowest BCUT2D eigenvalue weighted by atomic mass is 10.4. The average molecular weight is 193 g/mol. The van der Waals surface area contributed by atoms with Crippen LogP contribution in [-0.4, -0.2) is 11.3 Å². The van der Waals surface area contributed by atoms with Crippen molar-refractivity contribution in [1.29, 1.82) is 0 Å². The molecule has 0 unspecified atom stereocenters. The molecule has 0 fully saturated rings. The second kappa shape index (κ2) is 4.56. The zero-order valence-electron chi connectivity index (χ0n) is 5.32. The number of carbonyl (C=O) groups excluding carboxylic acids is 1. The van der Waals surface area contributed by atoms with Crippen molar-refractivity contribution in [3.8, 4) is 0 Å². The van der Waals surface area contributed by atoms with E-state index in [1.807, 2.05) is 0 Å². The Morgan fingerprint density at radius 3 is 2.67 bits per heavy atom. The topological polar surface area (TPSA) is 26.3 Å². The first-order valence-electron chi connectivity index (χ1n) is 2.59. The van der Waals surface area contributed by atoms with Crippen LogP contribution in [0.1, 0.15) is 13.3 Å². The van der Waals surface area contributed by atoms with E-state index in [9.17, 15) is 4.79 Å². The third-order valence-corrected chi connectivity index (χ3v) is 1.06. The molecule has 0 aliphatic heterocycles. The van der Waals surface area contributed by atoms with E-state index in [2.05, 4.69) is 27.2 Å². The molecule has 0 saturated heterocycles. The van der Waals surface area contributed by atoms with Crippen LogP contribution in [-0.2, 0) is 9.53 Å². The SMILES string of the molecule is C=C(CCBr)OC(C)=O. The Morgan fingerprint density at radius 2 is 2.33 bits per heavy atom. The standard InChI is InChI=1S/C6H9BrO2/c1-5(3-4-7)9-6(2)8/h1,3-4H2,2H3. The lowest BCUT2D eigenvalue weighted by Gasteiger charge is -2.00. The third-order valence-electron chi connectivity index (χ3n) is 0.661. The van der Waals surface area contributed by atoms with Crippen molar-refractivity contribution in [3.63, 3.8) is 0 Å². The fourth-order valence-corrected chi connectivity index (χ4v) is 0.802. The quantitative estimate of drug-likeness (QED) is 0.388. The number of hydrogen-bond acceptors (Lipinski definition) is 2. The molecule has 0 aromatic heterocycles. The first kappa shape index (κ1) is 8.69. The molecular formula is C6H9BrO2. The highest BCUT2D eigenvalue weighted by molar-refractivity contribution is 9.09. The van der Waals surface area contributed by atoms with E-state index in [1.54, 1.807) is 0 Å². The molecular weight excluding hydrogens is 184 g/mol. The maximum atomic E-state index is 10.2. The minimum atomic E-state index is -0.305. The molecule has 0 aliphatic carbocycles. The summed E-state index contributed by atoms with van der Waals surface area (Å²) in [5.74, 6) is 0.209. The summed E-state index contributed by atoms with van der Waals surface area (Å²) < 4.78 is 4.63. The Bertz CT molecular complexity index is 120. The molecule has 0 aromatic rings. The monoisotopic (exact) mass is 192 g/mol. The van der Waals surface area contributed by atoms with Gasteiger partial charge in [-0.2, -0.15) is 0 Å². The molecule has 0 rings (SSSR count). The number of allylic oxidation sites excluding steroid dienone is 1. The lowest BCUT2D eigenvalue weighted by molar-refractivity contribution is -0.136. The second-order valence-electron chi connectivity index (χ2n) is 1.57. The van der Waals surface area contributed by atoms with Crippen LogP contribution in [0.2, 0.25) is 0 Å². The summed E-state index contributed by atoms with van der Waals surface area (Å²) in [7, 11) is 0. The molecule has 0 amide bonds. The van der Waals surface area contributed by atoms with Gasteiger partial charge in [0.25, 0.3) is 0 Å². The second-order valence-corrected chi connectivity index (χ2v) is 2.36. The van der Waals surface area contributed by atoms with Crippen molar-refractivity contribution in [2.45, 2.75) is 13.3 Å². The largest absolute Gasteiger partial charge is 0.432 e. The van der Waals surface area contributed by atoms with Crippen molar-refractivity contribution in [2.75, 3.05) is 5.33 Å². The van der Waals surface area contributed by atoms with Gasteiger partial charge in [0.15, 0.2) is 0 Å². The zero-order chi connectivity index (χ0) is 7.28. The molecule has 0 heterocycles. The van der Waals surface area contributed by atoms with Crippen LogP contribution in [0.15, 0.2) is 12.3 Å². The van der Waals surface area contributed by atoms with Crippen molar-refractivity contribution in [3.05, 3.63) is 12.3 Å². The van der Waals surface area contributed by atoms with Crippen LogP contribution in [0.3, 0.4) is 0 Å². The number of esters is 1. The Hall–Kier alpha value is -0.310. The number of halogens is 1. The fourth-order valence-electron chi connectivity index (χ4n) is 0.360. The summed E-state index contributed by atoms with van der Waals surface area (Å²) in [6, 6.07) is 0. The van der Waals surface area contributed by atoms with Crippen LogP contribution >= 0.6 is 15.9 Å². The van der Waals surface area contributed by atoms with E-state index in [4.69, 9.17) is 0 Å². The minimum Gasteiger partial charge on any atom is -0.432 e. The van der Waals surface area contributed by atoms with Crippen molar-refractivity contribution < 1.29 is 9.53 Å². The molecule has 9 heavy (non-hydrogen) atoms. The molecule has 3 heteroatoms. The highest BCUT2D eigenvalue weighted by Gasteiger charge is 1.95. The van der Waals surface area contributed by atoms with Crippen LogP contribution in [0.4, 0.5) is 0 Å². The van der Waals surface area contributed by atoms with Crippen LogP contribution < -0.4 is 0 Å². The molecule has 0 bridgehead atoms. The molecule has 0 aliphatic rings. The van der Waals surface area contributed by atoms with Gasteiger partial charge in [-0.3, -0.25) is 4.79 Å². The zero-order valence-corrected chi connectivity index (χ0v) is 6.90. The van der Waals surface area contributed by atoms with Gasteiger partial charge in [0.2, 0.25) is 0 Å². The molecule has 0 spiro atoms. The molecule has 0 atom stereocenters. The third kappa shape index (κ3) is 5.56. The Kier molecular flexibility index (Phi) is 4.40. The van der Waals surface area contributed by atoms with Crippen molar-refractivity contribution >= 4 is 21.9 Å². The van der Waals surface area contributed by atoms with Crippen molar-refractivity contribution in [2.24, 2.45) is 0 Å². The van der Waals surface area contributed by atoms with E-state index < -0.39 is 0 Å². The summed E-state index contributed by atoms with van der Waals surface area (Å²) in [6.45, 7) is 4.87. The van der Waals surface area contributed by atoms with Gasteiger partial charge < -0.3 is 4.74 Å². The number of ether oxygens (including phenoxy) is 1. The van der Waals surface area contributed by atoms with Crippen LogP contribution in [0.5, 0.6) is 0 Å². The number of rotatable bonds is 3. The van der Waals surface area contributed by atoms with Gasteiger partial charge in [0, 0.05) is 18.7 Å². The van der Waals surface area contributed by atoms with E-state index >= 15 is 0 Å². The highest BCUT2D eigenvalue weighted by atomic mass is 79.9. The molecule has 0 saturated carbocycles. The van der Waals surface area contributed by atoms with Gasteiger partial charge in [-0.15, -0.1) is 0 Å². The predicted octanol–water partition coefficient (Wildman–Crippen LogP) is 1.85. The lowest BCUT2D eigenvalue weighted by Crippen LogP contribution is -1.97. The number of carbonyl (C=O) groups is 1. The Labute approximate surface area is 63.0 Å². The van der Waals surface area contributed by atoms with Gasteiger partial charge in [-0.1, -0.05) is 22.5 Å². The van der Waals surface area contributed by atoms with E-state index in [0.29, 0.717) is 12.2 Å². The Balaban J connectivity index is 3.39. The highest BCUT2D eigenvalue weighted by Crippen LogP contribution is 2.02. The first-order chi connectivity index (χ1) is 4.16. The molecule has 0 N–H and O–H groups in total. The number of alkyl halides is 1. The minimum absolute atomic E-state index is 0.305. The average Bonchev–Trinajstić information content (AvgIpc) is 1.63. The van der Waals surface area contributed by atoms with Crippen LogP contribution in [0, 0.1) is 0 Å². The van der Waals surface area contributed by atoms with Crippen molar-refractivity contribution in [1.82, 2.24) is 0 Å². The molecule has 0 aromatic carbocycles. The van der Waals surface area contributed by atoms with Gasteiger partial charge in [-0.05, 0) is 0 Å². The van der Waals surface area contributed by atoms with Gasteiger partial charge >= 0.3 is 5.97 Å². The van der Waals surface area contributed by atoms with Gasteiger partial charge in [0.1, 0.15) is 5.76 Å². The predicted molar refractivity (Wildman–Crippen MR) is 39.3 cm³/mol. The maximum absolute atomic E-state index is 10.2. The smallest absolute Gasteiger partial charge is 0.307 e. The van der Waals surface area contributed by atoms with E-state index in [1.165, 1.54) is 6.92 Å². The summed E-state index contributed by atoms with van der Waals surface area (Å²) in [4.78, 5) is 10.2. The molecule has 2 nitrogen and oxygen atoms in total. The fraction of sp³-hybridized carbons (Fsp3) is 0.500. The summed E-state index contributed by atoms with van der Waals surface area (Å²) in [6.07, 6.45) is 0.680. The normalized spacial score (nSPS) is 8.67. The molecule has 0 radical (unpaired) electrons. The maximum Gasteiger partial charge on any atom is 0.307 e. The Morgan fingerprint density at radius 1 is 1.78 bits per heavy atom. The summed E-state index contributed by atoms with van der Waals surface area (Å²) in [5, 5.41) is 0.777. The van der Waals surface area contributed by atoms with E-state index in [-0.39, 0.29) is 5.97 Å². The van der Waals surface area contributed by atoms with Gasteiger partial charge in [0.05, 0.1) is 0 Å². The van der Waals surface area contributed by atoms with Crippen LogP contribution in [0.25, 0.3) is 0 Å². The van der Waals surface area contributed by atoms with E-state index in [0.717, 1.165) is 5.33 Å². The summed E-state index contributed by atoms with van der Waals surface area (Å²) in [5.41, 5.74) is 0. The summed E-state index contributed by atoms with van der Waals surface area (Å²) >= 11 is 3.19. The van der Waals surface area contributed by atoms with Gasteiger partial charge in [-0.25, -0.2) is 0 Å². The molecule has 52 valence electrons. The number of hydrogen-bond donors (Lipinski definition) is 0.